The second kappa shape index (κ2) is 4.85. The van der Waals surface area contributed by atoms with Gasteiger partial charge in [0.2, 0.25) is 0 Å². The topological polar surface area (TPSA) is 42.2 Å². The van der Waals surface area contributed by atoms with Gasteiger partial charge in [0, 0.05) is 17.0 Å². The normalized spacial score (nSPS) is 12.2. The Kier molecular flexibility index (Phi) is 3.03. The Hall–Kier alpha value is -2.55. The lowest BCUT2D eigenvalue weighted by molar-refractivity contribution is -0.132. The molecule has 1 aromatic heterocycles. The predicted octanol–water partition coefficient (Wildman–Crippen LogP) is 4.13. The highest BCUT2D eigenvalue weighted by Gasteiger charge is 2.10. The molecular formula is C17H15NO2. The van der Waals surface area contributed by atoms with E-state index in [1.165, 1.54) is 0 Å². The highest BCUT2D eigenvalue weighted by atomic mass is 16.4. The fourth-order valence-corrected chi connectivity index (χ4v) is 2.55. The minimum absolute atomic E-state index is 0.400. The molecule has 2 aromatic carbocycles. The largest absolute Gasteiger partial charge is 0.478 e. The number of rotatable bonds is 3. The molecule has 0 atom stereocenters. The van der Waals surface area contributed by atoms with Gasteiger partial charge in [-0.1, -0.05) is 43.3 Å². The smallest absolute Gasteiger partial charge is 0.333 e. The van der Waals surface area contributed by atoms with E-state index in [4.69, 9.17) is 0 Å². The van der Waals surface area contributed by atoms with E-state index in [0.717, 1.165) is 21.8 Å². The van der Waals surface area contributed by atoms with E-state index in [-0.39, 0.29) is 0 Å². The van der Waals surface area contributed by atoms with E-state index >= 15 is 0 Å². The minimum Gasteiger partial charge on any atom is -0.478 e. The Labute approximate surface area is 116 Å². The summed E-state index contributed by atoms with van der Waals surface area (Å²) in [5.74, 6) is -0.866. The van der Waals surface area contributed by atoms with Crippen LogP contribution in [0.4, 0.5) is 0 Å². The Balaban J connectivity index is 2.40. The average molecular weight is 265 g/mol. The minimum atomic E-state index is -0.866. The van der Waals surface area contributed by atoms with Crippen LogP contribution in [0.1, 0.15) is 13.3 Å². The molecule has 20 heavy (non-hydrogen) atoms. The second-order valence-corrected chi connectivity index (χ2v) is 4.72. The molecule has 0 fully saturated rings. The Morgan fingerprint density at radius 1 is 1.05 bits per heavy atom. The lowest BCUT2D eigenvalue weighted by atomic mass is 10.2. The number of aliphatic carboxylic acids is 1. The number of nitrogens with zero attached hydrogens (tertiary/aromatic N) is 1. The number of hydrogen-bond acceptors (Lipinski definition) is 1. The van der Waals surface area contributed by atoms with Crippen LogP contribution < -0.4 is 0 Å². The number of fused-ring (bicyclic) bond motifs is 3. The summed E-state index contributed by atoms with van der Waals surface area (Å²) in [6.45, 7) is 1.85. The quantitative estimate of drug-likeness (QED) is 0.723. The molecule has 0 aliphatic heterocycles. The zero-order valence-corrected chi connectivity index (χ0v) is 11.2. The number of hydrogen-bond donors (Lipinski definition) is 1. The zero-order valence-electron chi connectivity index (χ0n) is 11.2. The molecule has 0 radical (unpaired) electrons. The predicted molar refractivity (Wildman–Crippen MR) is 81.6 cm³/mol. The van der Waals surface area contributed by atoms with Crippen molar-refractivity contribution in [2.75, 3.05) is 0 Å². The molecule has 0 unspecified atom stereocenters. The average Bonchev–Trinajstić information content (AvgIpc) is 2.79. The van der Waals surface area contributed by atoms with Crippen molar-refractivity contribution in [3.8, 4) is 0 Å². The number of benzene rings is 2. The summed E-state index contributed by atoms with van der Waals surface area (Å²) in [6.07, 6.45) is 2.23. The summed E-state index contributed by atoms with van der Waals surface area (Å²) in [5.41, 5.74) is 2.46. The van der Waals surface area contributed by atoms with E-state index in [1.807, 2.05) is 47.9 Å². The molecule has 0 aliphatic carbocycles. The molecule has 3 rings (SSSR count). The van der Waals surface area contributed by atoms with Crippen LogP contribution in [0.5, 0.6) is 0 Å². The third-order valence-corrected chi connectivity index (χ3v) is 3.56. The van der Waals surface area contributed by atoms with Crippen LogP contribution in [0.2, 0.25) is 0 Å². The first-order valence-electron chi connectivity index (χ1n) is 6.64. The number of carbonyl (C=O) groups is 1. The van der Waals surface area contributed by atoms with Crippen molar-refractivity contribution >= 4 is 34.0 Å². The lowest BCUT2D eigenvalue weighted by Crippen LogP contribution is -2.01. The van der Waals surface area contributed by atoms with Crippen molar-refractivity contribution in [1.29, 1.82) is 0 Å². The number of carboxylic acid groups (broad SMARTS) is 1. The third kappa shape index (κ3) is 1.88. The maximum atomic E-state index is 11.2. The fraction of sp³-hybridized carbons (Fsp3) is 0.118. The van der Waals surface area contributed by atoms with Crippen LogP contribution in [-0.2, 0) is 4.79 Å². The number of carboxylic acids is 1. The number of aromatic nitrogens is 1. The van der Waals surface area contributed by atoms with Gasteiger partial charge in [-0.3, -0.25) is 0 Å². The van der Waals surface area contributed by atoms with Gasteiger partial charge < -0.3 is 9.67 Å². The molecule has 1 N–H and O–H groups in total. The van der Waals surface area contributed by atoms with Crippen LogP contribution in [-0.4, -0.2) is 15.6 Å². The number of para-hydroxylation sites is 2. The van der Waals surface area contributed by atoms with Crippen molar-refractivity contribution in [3.63, 3.8) is 0 Å². The van der Waals surface area contributed by atoms with Gasteiger partial charge in [0.05, 0.1) is 16.6 Å². The molecule has 3 heteroatoms. The van der Waals surface area contributed by atoms with Crippen molar-refractivity contribution < 1.29 is 9.90 Å². The maximum Gasteiger partial charge on any atom is 0.333 e. The SMILES string of the molecule is CCC(=Cn1c2ccccc2c2ccccc21)C(=O)O. The van der Waals surface area contributed by atoms with Crippen LogP contribution in [0.15, 0.2) is 54.1 Å². The highest BCUT2D eigenvalue weighted by Crippen LogP contribution is 2.29. The fourth-order valence-electron chi connectivity index (χ4n) is 2.55. The van der Waals surface area contributed by atoms with E-state index < -0.39 is 5.97 Å². The van der Waals surface area contributed by atoms with E-state index in [0.29, 0.717) is 12.0 Å². The molecule has 3 nitrogen and oxygen atoms in total. The van der Waals surface area contributed by atoms with Crippen LogP contribution >= 0.6 is 0 Å². The van der Waals surface area contributed by atoms with Crippen molar-refractivity contribution in [2.24, 2.45) is 0 Å². The molecule has 0 saturated heterocycles. The first kappa shape index (κ1) is 12.5. The monoisotopic (exact) mass is 265 g/mol. The maximum absolute atomic E-state index is 11.2. The molecule has 0 amide bonds. The Bertz CT molecular complexity index is 774. The summed E-state index contributed by atoms with van der Waals surface area (Å²) < 4.78 is 1.97. The standard InChI is InChI=1S/C17H15NO2/c1-2-12(17(19)20)11-18-15-9-5-3-7-13(15)14-8-4-6-10-16(14)18/h3-11H,2H2,1H3,(H,19,20). The zero-order chi connectivity index (χ0) is 14.1. The molecular weight excluding hydrogens is 250 g/mol. The van der Waals surface area contributed by atoms with E-state index in [9.17, 15) is 9.90 Å². The summed E-state index contributed by atoms with van der Waals surface area (Å²) in [5, 5.41) is 11.5. The van der Waals surface area contributed by atoms with Gasteiger partial charge in [0.1, 0.15) is 0 Å². The van der Waals surface area contributed by atoms with Gasteiger partial charge >= 0.3 is 5.97 Å². The first-order valence-corrected chi connectivity index (χ1v) is 6.64. The molecule has 3 aromatic rings. The van der Waals surface area contributed by atoms with Crippen molar-refractivity contribution in [1.82, 2.24) is 4.57 Å². The summed E-state index contributed by atoms with van der Waals surface area (Å²) in [6, 6.07) is 16.1. The Morgan fingerprint density at radius 3 is 2.00 bits per heavy atom. The molecule has 0 aliphatic rings. The van der Waals surface area contributed by atoms with Crippen molar-refractivity contribution in [3.05, 3.63) is 54.1 Å². The Morgan fingerprint density at radius 2 is 1.55 bits per heavy atom. The van der Waals surface area contributed by atoms with Crippen LogP contribution in [0.3, 0.4) is 0 Å². The van der Waals surface area contributed by atoms with Crippen molar-refractivity contribution in [2.45, 2.75) is 13.3 Å². The van der Waals surface area contributed by atoms with Gasteiger partial charge in [-0.2, -0.15) is 0 Å². The highest BCUT2D eigenvalue weighted by molar-refractivity contribution is 6.09. The van der Waals surface area contributed by atoms with Gasteiger partial charge in [0.25, 0.3) is 0 Å². The molecule has 0 spiro atoms. The van der Waals surface area contributed by atoms with Gasteiger partial charge in [-0.15, -0.1) is 0 Å². The van der Waals surface area contributed by atoms with Gasteiger partial charge in [-0.05, 0) is 18.6 Å². The van der Waals surface area contributed by atoms with Crippen LogP contribution in [0.25, 0.3) is 28.0 Å². The van der Waals surface area contributed by atoms with Gasteiger partial charge in [0.15, 0.2) is 0 Å². The van der Waals surface area contributed by atoms with Gasteiger partial charge in [-0.25, -0.2) is 4.79 Å². The lowest BCUT2D eigenvalue weighted by Gasteiger charge is -2.03. The summed E-state index contributed by atoms with van der Waals surface area (Å²) in [7, 11) is 0. The third-order valence-electron chi connectivity index (χ3n) is 3.56. The van der Waals surface area contributed by atoms with E-state index in [1.54, 1.807) is 6.20 Å². The molecule has 100 valence electrons. The summed E-state index contributed by atoms with van der Waals surface area (Å²) in [4.78, 5) is 11.2. The second-order valence-electron chi connectivity index (χ2n) is 4.72. The first-order chi connectivity index (χ1) is 9.72. The van der Waals surface area contributed by atoms with E-state index in [2.05, 4.69) is 12.1 Å². The van der Waals surface area contributed by atoms with Crippen LogP contribution in [0, 0.1) is 0 Å². The summed E-state index contributed by atoms with van der Waals surface area (Å²) >= 11 is 0. The molecule has 1 heterocycles. The molecule has 0 bridgehead atoms. The molecule has 0 saturated carbocycles.